The third-order valence-electron chi connectivity index (χ3n) is 3.72. The lowest BCUT2D eigenvalue weighted by Crippen LogP contribution is -2.12. The highest BCUT2D eigenvalue weighted by Gasteiger charge is 2.09. The van der Waals surface area contributed by atoms with Crippen LogP contribution in [0, 0.1) is 6.92 Å². The molecule has 0 spiro atoms. The molecule has 132 valence electrons. The van der Waals surface area contributed by atoms with E-state index in [1.807, 2.05) is 37.3 Å². The lowest BCUT2D eigenvalue weighted by atomic mass is 10.2. The smallest absolute Gasteiger partial charge is 0.257 e. The van der Waals surface area contributed by atoms with Crippen molar-refractivity contribution >= 4 is 34.6 Å². The van der Waals surface area contributed by atoms with Crippen LogP contribution in [0.4, 0.5) is 17.1 Å². The Balaban J connectivity index is 1.75. The maximum Gasteiger partial charge on any atom is 0.257 e. The number of benzene rings is 2. The van der Waals surface area contributed by atoms with E-state index in [-0.39, 0.29) is 5.91 Å². The molecule has 0 saturated heterocycles. The van der Waals surface area contributed by atoms with Gasteiger partial charge in [0, 0.05) is 17.6 Å². The van der Waals surface area contributed by atoms with Crippen LogP contribution in [0.1, 0.15) is 15.9 Å². The molecule has 2 N–H and O–H groups in total. The maximum absolute atomic E-state index is 12.5. The molecule has 3 aromatic rings. The lowest BCUT2D eigenvalue weighted by molar-refractivity contribution is 0.102. The summed E-state index contributed by atoms with van der Waals surface area (Å²) in [6, 6.07) is 14.7. The summed E-state index contributed by atoms with van der Waals surface area (Å²) >= 11 is 6.14. The molecular formula is C20H18ClN3O2. The first-order valence-corrected chi connectivity index (χ1v) is 8.36. The molecule has 0 bridgehead atoms. The Morgan fingerprint density at radius 1 is 1.04 bits per heavy atom. The van der Waals surface area contributed by atoms with Gasteiger partial charge in [-0.3, -0.25) is 9.78 Å². The van der Waals surface area contributed by atoms with Crippen molar-refractivity contribution in [3.63, 3.8) is 0 Å². The molecule has 0 aliphatic carbocycles. The van der Waals surface area contributed by atoms with Gasteiger partial charge in [-0.25, -0.2) is 0 Å². The quantitative estimate of drug-likeness (QED) is 0.662. The van der Waals surface area contributed by atoms with E-state index < -0.39 is 0 Å². The van der Waals surface area contributed by atoms with E-state index in [0.29, 0.717) is 22.0 Å². The van der Waals surface area contributed by atoms with Crippen LogP contribution < -0.4 is 15.4 Å². The second-order valence-electron chi connectivity index (χ2n) is 5.76. The van der Waals surface area contributed by atoms with Crippen molar-refractivity contribution in [3.8, 4) is 5.75 Å². The number of pyridine rings is 1. The minimum atomic E-state index is -0.223. The Labute approximate surface area is 157 Å². The maximum atomic E-state index is 12.5. The SMILES string of the molecule is COc1ccc(Nc2cncc(C(=O)Nc3cccc(C)c3)c2)cc1Cl. The predicted octanol–water partition coefficient (Wildman–Crippen LogP) is 5.05. The van der Waals surface area contributed by atoms with Crippen molar-refractivity contribution in [3.05, 3.63) is 77.1 Å². The summed E-state index contributed by atoms with van der Waals surface area (Å²) in [6.45, 7) is 1.97. The first kappa shape index (κ1) is 17.8. The van der Waals surface area contributed by atoms with Crippen LogP contribution in [-0.2, 0) is 0 Å². The number of methoxy groups -OCH3 is 1. The molecule has 0 fully saturated rings. The lowest BCUT2D eigenvalue weighted by Gasteiger charge is -2.10. The van der Waals surface area contributed by atoms with E-state index >= 15 is 0 Å². The summed E-state index contributed by atoms with van der Waals surface area (Å²) < 4.78 is 5.14. The number of hydrogen-bond acceptors (Lipinski definition) is 4. The van der Waals surface area contributed by atoms with Crippen LogP contribution in [0.25, 0.3) is 0 Å². The zero-order chi connectivity index (χ0) is 18.5. The summed E-state index contributed by atoms with van der Waals surface area (Å²) in [7, 11) is 1.56. The molecule has 0 radical (unpaired) electrons. The number of carbonyl (C=O) groups excluding carboxylic acids is 1. The van der Waals surface area contributed by atoms with E-state index in [4.69, 9.17) is 16.3 Å². The fourth-order valence-electron chi connectivity index (χ4n) is 2.47. The molecular weight excluding hydrogens is 350 g/mol. The van der Waals surface area contributed by atoms with Gasteiger partial charge in [0.05, 0.1) is 29.6 Å². The monoisotopic (exact) mass is 367 g/mol. The van der Waals surface area contributed by atoms with Crippen LogP contribution in [-0.4, -0.2) is 18.0 Å². The average molecular weight is 368 g/mol. The van der Waals surface area contributed by atoms with Gasteiger partial charge in [0.25, 0.3) is 5.91 Å². The van der Waals surface area contributed by atoms with Crippen molar-refractivity contribution in [1.29, 1.82) is 0 Å². The molecule has 3 rings (SSSR count). The molecule has 0 saturated carbocycles. The zero-order valence-electron chi connectivity index (χ0n) is 14.4. The van der Waals surface area contributed by atoms with Crippen LogP contribution in [0.3, 0.4) is 0 Å². The van der Waals surface area contributed by atoms with Crippen molar-refractivity contribution in [2.75, 3.05) is 17.7 Å². The van der Waals surface area contributed by atoms with Gasteiger partial charge in [-0.2, -0.15) is 0 Å². The second-order valence-corrected chi connectivity index (χ2v) is 6.17. The van der Waals surface area contributed by atoms with Crippen LogP contribution in [0.2, 0.25) is 5.02 Å². The number of rotatable bonds is 5. The first-order valence-electron chi connectivity index (χ1n) is 7.99. The number of nitrogens with one attached hydrogen (secondary N) is 2. The van der Waals surface area contributed by atoms with Crippen molar-refractivity contribution in [2.45, 2.75) is 6.92 Å². The van der Waals surface area contributed by atoms with Crippen molar-refractivity contribution < 1.29 is 9.53 Å². The summed E-state index contributed by atoms with van der Waals surface area (Å²) in [4.78, 5) is 16.6. The van der Waals surface area contributed by atoms with E-state index in [2.05, 4.69) is 15.6 Å². The number of aromatic nitrogens is 1. The molecule has 1 aromatic heterocycles. The van der Waals surface area contributed by atoms with E-state index in [1.54, 1.807) is 31.5 Å². The number of halogens is 1. The van der Waals surface area contributed by atoms with Gasteiger partial charge in [0.2, 0.25) is 0 Å². The number of ether oxygens (including phenoxy) is 1. The number of hydrogen-bond donors (Lipinski definition) is 2. The average Bonchev–Trinajstić information content (AvgIpc) is 2.62. The number of carbonyl (C=O) groups is 1. The van der Waals surface area contributed by atoms with Crippen molar-refractivity contribution in [1.82, 2.24) is 4.98 Å². The summed E-state index contributed by atoms with van der Waals surface area (Å²) in [5.74, 6) is 0.376. The van der Waals surface area contributed by atoms with Gasteiger partial charge >= 0.3 is 0 Å². The molecule has 1 amide bonds. The standard InChI is InChI=1S/C20H18ClN3O2/c1-13-4-3-5-15(8-13)24-20(25)14-9-17(12-22-11-14)23-16-6-7-19(26-2)18(21)10-16/h3-12,23H,1-2H3,(H,24,25). The van der Waals surface area contributed by atoms with E-state index in [0.717, 1.165) is 16.9 Å². The van der Waals surface area contributed by atoms with E-state index in [1.165, 1.54) is 6.20 Å². The summed E-state index contributed by atoms with van der Waals surface area (Å²) in [5, 5.41) is 6.55. The highest BCUT2D eigenvalue weighted by molar-refractivity contribution is 6.32. The molecule has 0 atom stereocenters. The molecule has 1 heterocycles. The number of anilines is 3. The third-order valence-corrected chi connectivity index (χ3v) is 4.01. The highest BCUT2D eigenvalue weighted by atomic mass is 35.5. The van der Waals surface area contributed by atoms with Crippen LogP contribution in [0.5, 0.6) is 5.75 Å². The zero-order valence-corrected chi connectivity index (χ0v) is 15.2. The number of amides is 1. The normalized spacial score (nSPS) is 10.3. The molecule has 26 heavy (non-hydrogen) atoms. The molecule has 0 aliphatic rings. The Hall–Kier alpha value is -3.05. The fraction of sp³-hybridized carbons (Fsp3) is 0.100. The fourth-order valence-corrected chi connectivity index (χ4v) is 2.73. The third kappa shape index (κ3) is 4.32. The van der Waals surface area contributed by atoms with Gasteiger partial charge in [-0.15, -0.1) is 0 Å². The Kier molecular flexibility index (Phi) is 5.39. The van der Waals surface area contributed by atoms with Gasteiger partial charge in [-0.1, -0.05) is 23.7 Å². The highest BCUT2D eigenvalue weighted by Crippen LogP contribution is 2.28. The van der Waals surface area contributed by atoms with E-state index in [9.17, 15) is 4.79 Å². The van der Waals surface area contributed by atoms with Crippen LogP contribution in [0.15, 0.2) is 60.9 Å². The van der Waals surface area contributed by atoms with Gasteiger partial charge in [0.1, 0.15) is 5.75 Å². The predicted molar refractivity (Wildman–Crippen MR) is 105 cm³/mol. The summed E-state index contributed by atoms with van der Waals surface area (Å²) in [6.07, 6.45) is 3.17. The second kappa shape index (κ2) is 7.89. The molecule has 5 nitrogen and oxygen atoms in total. The summed E-state index contributed by atoms with van der Waals surface area (Å²) in [5.41, 5.74) is 3.73. The Morgan fingerprint density at radius 2 is 1.88 bits per heavy atom. The Morgan fingerprint density at radius 3 is 2.62 bits per heavy atom. The van der Waals surface area contributed by atoms with Gasteiger partial charge < -0.3 is 15.4 Å². The molecule has 0 unspecified atom stereocenters. The van der Waals surface area contributed by atoms with Gasteiger partial charge in [0.15, 0.2) is 0 Å². The van der Waals surface area contributed by atoms with Gasteiger partial charge in [-0.05, 0) is 48.9 Å². The molecule has 2 aromatic carbocycles. The topological polar surface area (TPSA) is 63.2 Å². The largest absolute Gasteiger partial charge is 0.495 e. The van der Waals surface area contributed by atoms with Crippen molar-refractivity contribution in [2.24, 2.45) is 0 Å². The minimum Gasteiger partial charge on any atom is -0.495 e. The number of aryl methyl sites for hydroxylation is 1. The molecule has 6 heteroatoms. The Bertz CT molecular complexity index is 944. The first-order chi connectivity index (χ1) is 12.5. The number of nitrogens with zero attached hydrogens (tertiary/aromatic N) is 1. The molecule has 0 aliphatic heterocycles. The minimum absolute atomic E-state index is 0.223. The van der Waals surface area contributed by atoms with Crippen LogP contribution >= 0.6 is 11.6 Å².